The third-order valence-electron chi connectivity index (χ3n) is 9.66. The molecule has 10 rings (SSSR count). The van der Waals surface area contributed by atoms with Crippen molar-refractivity contribution in [1.29, 1.82) is 0 Å². The van der Waals surface area contributed by atoms with Crippen LogP contribution in [0.25, 0.3) is 97.4 Å². The number of hydrogen-bond acceptors (Lipinski definition) is 2. The minimum atomic E-state index is 0.903. The summed E-state index contributed by atoms with van der Waals surface area (Å²) in [6, 6.07) is 61.3. The Kier molecular flexibility index (Phi) is 6.12. The molecular formula is C46H28OS. The van der Waals surface area contributed by atoms with Crippen LogP contribution in [0.4, 0.5) is 0 Å². The lowest BCUT2D eigenvalue weighted by atomic mass is 9.84. The Hall–Kier alpha value is -5.96. The van der Waals surface area contributed by atoms with Crippen LogP contribution in [0.15, 0.2) is 174 Å². The van der Waals surface area contributed by atoms with Crippen LogP contribution in [-0.4, -0.2) is 0 Å². The predicted molar refractivity (Wildman–Crippen MR) is 206 cm³/mol. The zero-order valence-corrected chi connectivity index (χ0v) is 26.8. The van der Waals surface area contributed by atoms with Crippen LogP contribution in [0.3, 0.4) is 0 Å². The SMILES string of the molecule is c1ccc(-c2c(-c3cc(-c4c5ccccc5c(-c5ccccc5)c5ccccc45)c4c(c3)oc3ccccc34)sc3ccccc23)cc1. The number of furan rings is 1. The number of rotatable bonds is 4. The standard InChI is InChI=1S/C46H28OS/c1-3-15-29(16-4-1)42-32-19-7-9-21-34(32)44(35-22-10-8-20-33(35)42)38-27-31(28-40-45(38)36-23-11-13-25-39(36)47-40)46-43(30-17-5-2-6-18-30)37-24-12-14-26-41(37)48-46/h1-28H. The molecule has 0 N–H and O–H groups in total. The average molecular weight is 629 g/mol. The molecule has 0 saturated carbocycles. The van der Waals surface area contributed by atoms with Crippen LogP contribution >= 0.6 is 11.3 Å². The smallest absolute Gasteiger partial charge is 0.136 e. The zero-order valence-electron chi connectivity index (χ0n) is 26.0. The molecule has 0 unspecified atom stereocenters. The second-order valence-corrected chi connectivity index (χ2v) is 13.4. The van der Waals surface area contributed by atoms with E-state index in [2.05, 4.69) is 170 Å². The Labute approximate surface area is 282 Å². The molecule has 0 spiro atoms. The fourth-order valence-electron chi connectivity index (χ4n) is 7.66. The summed E-state index contributed by atoms with van der Waals surface area (Å²) in [6.07, 6.45) is 0. The van der Waals surface area contributed by atoms with Gasteiger partial charge >= 0.3 is 0 Å². The molecule has 0 aliphatic heterocycles. The first-order valence-corrected chi connectivity index (χ1v) is 17.2. The van der Waals surface area contributed by atoms with Gasteiger partial charge in [-0.1, -0.05) is 146 Å². The molecule has 48 heavy (non-hydrogen) atoms. The van der Waals surface area contributed by atoms with E-state index in [1.54, 1.807) is 0 Å². The molecule has 0 aliphatic rings. The van der Waals surface area contributed by atoms with Crippen molar-refractivity contribution in [2.75, 3.05) is 0 Å². The van der Waals surface area contributed by atoms with E-state index in [1.165, 1.54) is 69.9 Å². The van der Waals surface area contributed by atoms with Gasteiger partial charge in [0.1, 0.15) is 11.2 Å². The summed E-state index contributed by atoms with van der Waals surface area (Å²) < 4.78 is 8.00. The largest absolute Gasteiger partial charge is 0.456 e. The summed E-state index contributed by atoms with van der Waals surface area (Å²) in [5.41, 5.74) is 10.4. The van der Waals surface area contributed by atoms with Gasteiger partial charge in [-0.15, -0.1) is 11.3 Å². The lowest BCUT2D eigenvalue weighted by molar-refractivity contribution is 0.669. The van der Waals surface area contributed by atoms with Crippen LogP contribution in [0.5, 0.6) is 0 Å². The first kappa shape index (κ1) is 27.2. The summed E-state index contributed by atoms with van der Waals surface area (Å²) in [5.74, 6) is 0. The van der Waals surface area contributed by atoms with E-state index in [9.17, 15) is 0 Å². The second-order valence-electron chi connectivity index (χ2n) is 12.4. The van der Waals surface area contributed by atoms with Crippen molar-refractivity contribution in [1.82, 2.24) is 0 Å². The molecule has 0 aliphatic carbocycles. The van der Waals surface area contributed by atoms with Gasteiger partial charge in [-0.2, -0.15) is 0 Å². The van der Waals surface area contributed by atoms with Crippen LogP contribution in [0.2, 0.25) is 0 Å². The molecule has 224 valence electrons. The van der Waals surface area contributed by atoms with E-state index >= 15 is 0 Å². The second kappa shape index (κ2) is 10.8. The molecule has 2 heteroatoms. The third kappa shape index (κ3) is 4.10. The number of hydrogen-bond donors (Lipinski definition) is 0. The van der Waals surface area contributed by atoms with Gasteiger partial charge in [-0.25, -0.2) is 0 Å². The normalized spacial score (nSPS) is 11.8. The van der Waals surface area contributed by atoms with Gasteiger partial charge in [0.15, 0.2) is 0 Å². The van der Waals surface area contributed by atoms with E-state index in [0.717, 1.165) is 27.5 Å². The summed E-state index contributed by atoms with van der Waals surface area (Å²) in [7, 11) is 0. The lowest BCUT2D eigenvalue weighted by Gasteiger charge is -2.19. The molecule has 0 amide bonds. The minimum Gasteiger partial charge on any atom is -0.456 e. The summed E-state index contributed by atoms with van der Waals surface area (Å²) >= 11 is 1.86. The Balaban J connectivity index is 1.38. The van der Waals surface area contributed by atoms with Crippen molar-refractivity contribution in [2.45, 2.75) is 0 Å². The predicted octanol–water partition coefficient (Wildman–Crippen LogP) is 13.8. The molecule has 0 fully saturated rings. The van der Waals surface area contributed by atoms with Crippen molar-refractivity contribution in [2.24, 2.45) is 0 Å². The van der Waals surface area contributed by atoms with Gasteiger partial charge < -0.3 is 4.42 Å². The quantitative estimate of drug-likeness (QED) is 0.177. The fourth-order valence-corrected chi connectivity index (χ4v) is 8.87. The van der Waals surface area contributed by atoms with Crippen molar-refractivity contribution in [3.63, 3.8) is 0 Å². The average Bonchev–Trinajstić information content (AvgIpc) is 3.73. The fraction of sp³-hybridized carbons (Fsp3) is 0. The third-order valence-corrected chi connectivity index (χ3v) is 10.9. The van der Waals surface area contributed by atoms with Crippen LogP contribution in [-0.2, 0) is 0 Å². The van der Waals surface area contributed by atoms with E-state index in [1.807, 2.05) is 11.3 Å². The number of thiophene rings is 1. The van der Waals surface area contributed by atoms with E-state index in [4.69, 9.17) is 4.42 Å². The monoisotopic (exact) mass is 628 g/mol. The van der Waals surface area contributed by atoms with Crippen molar-refractivity contribution >= 4 is 64.9 Å². The van der Waals surface area contributed by atoms with Crippen LogP contribution < -0.4 is 0 Å². The van der Waals surface area contributed by atoms with E-state index in [-0.39, 0.29) is 0 Å². The van der Waals surface area contributed by atoms with Crippen molar-refractivity contribution in [3.8, 4) is 43.8 Å². The topological polar surface area (TPSA) is 13.1 Å². The lowest BCUT2D eigenvalue weighted by Crippen LogP contribution is -1.92. The highest BCUT2D eigenvalue weighted by Gasteiger charge is 2.23. The molecule has 0 radical (unpaired) electrons. The van der Waals surface area contributed by atoms with E-state index < -0.39 is 0 Å². The Bertz CT molecular complexity index is 2760. The Morgan fingerprint density at radius 1 is 0.354 bits per heavy atom. The van der Waals surface area contributed by atoms with Gasteiger partial charge in [0, 0.05) is 31.3 Å². The summed E-state index contributed by atoms with van der Waals surface area (Å²) in [4.78, 5) is 1.25. The number of fused-ring (bicyclic) bond motifs is 6. The first-order chi connectivity index (χ1) is 23.8. The zero-order chi connectivity index (χ0) is 31.6. The molecule has 10 aromatic rings. The molecule has 0 bridgehead atoms. The number of para-hydroxylation sites is 1. The Morgan fingerprint density at radius 2 is 0.854 bits per heavy atom. The first-order valence-electron chi connectivity index (χ1n) is 16.4. The summed E-state index contributed by atoms with van der Waals surface area (Å²) in [6.45, 7) is 0. The van der Waals surface area contributed by atoms with Gasteiger partial charge in [-0.05, 0) is 79.2 Å². The van der Waals surface area contributed by atoms with Crippen LogP contribution in [0.1, 0.15) is 0 Å². The molecule has 2 heterocycles. The van der Waals surface area contributed by atoms with Crippen LogP contribution in [0, 0.1) is 0 Å². The van der Waals surface area contributed by atoms with Crippen molar-refractivity contribution < 1.29 is 4.42 Å². The van der Waals surface area contributed by atoms with Gasteiger partial charge in [-0.3, -0.25) is 0 Å². The summed E-state index contributed by atoms with van der Waals surface area (Å²) in [5, 5.41) is 8.52. The maximum atomic E-state index is 6.72. The highest BCUT2D eigenvalue weighted by Crippen LogP contribution is 2.51. The molecular weight excluding hydrogens is 601 g/mol. The maximum Gasteiger partial charge on any atom is 0.136 e. The molecule has 0 atom stereocenters. The minimum absolute atomic E-state index is 0.903. The molecule has 0 saturated heterocycles. The highest BCUT2D eigenvalue weighted by molar-refractivity contribution is 7.23. The van der Waals surface area contributed by atoms with Gasteiger partial charge in [0.05, 0.1) is 0 Å². The van der Waals surface area contributed by atoms with Gasteiger partial charge in [0.2, 0.25) is 0 Å². The van der Waals surface area contributed by atoms with Crippen molar-refractivity contribution in [3.05, 3.63) is 170 Å². The molecule has 2 aromatic heterocycles. The number of benzene rings is 8. The Morgan fingerprint density at radius 3 is 1.50 bits per heavy atom. The molecule has 1 nitrogen and oxygen atoms in total. The van der Waals surface area contributed by atoms with Gasteiger partial charge in [0.25, 0.3) is 0 Å². The molecule has 8 aromatic carbocycles. The maximum absolute atomic E-state index is 6.72. The van der Waals surface area contributed by atoms with E-state index in [0.29, 0.717) is 0 Å². The highest BCUT2D eigenvalue weighted by atomic mass is 32.1.